The smallest absolute Gasteiger partial charge is 0.262 e. The highest BCUT2D eigenvalue weighted by atomic mass is 32.2. The number of ether oxygens (including phenoxy) is 1. The Morgan fingerprint density at radius 3 is 2.95 bits per heavy atom. The molecule has 0 saturated carbocycles. The molecule has 21 heavy (non-hydrogen) atoms. The van der Waals surface area contributed by atoms with Gasteiger partial charge < -0.3 is 9.30 Å². The predicted molar refractivity (Wildman–Crippen MR) is 78.5 cm³/mol. The highest BCUT2D eigenvalue weighted by Gasteiger charge is 2.45. The topological polar surface area (TPSA) is 64.4 Å². The van der Waals surface area contributed by atoms with E-state index in [2.05, 4.69) is 18.8 Å². The molecule has 118 valence electrons. The Morgan fingerprint density at radius 2 is 2.29 bits per heavy atom. The molecule has 3 heterocycles. The van der Waals surface area contributed by atoms with E-state index in [0.717, 1.165) is 25.9 Å². The van der Waals surface area contributed by atoms with Gasteiger partial charge >= 0.3 is 0 Å². The highest BCUT2D eigenvalue weighted by molar-refractivity contribution is 7.89. The summed E-state index contributed by atoms with van der Waals surface area (Å²) in [6.45, 7) is 6.69. The molecule has 0 aromatic carbocycles. The quantitative estimate of drug-likeness (QED) is 0.848. The number of imidazole rings is 1. The molecule has 2 aliphatic heterocycles. The van der Waals surface area contributed by atoms with Gasteiger partial charge in [0.05, 0.1) is 12.9 Å². The van der Waals surface area contributed by atoms with E-state index in [9.17, 15) is 8.42 Å². The number of rotatable bonds is 4. The van der Waals surface area contributed by atoms with E-state index >= 15 is 0 Å². The Kier molecular flexibility index (Phi) is 3.83. The van der Waals surface area contributed by atoms with Crippen LogP contribution in [0, 0.1) is 5.41 Å². The van der Waals surface area contributed by atoms with Gasteiger partial charge in [-0.2, -0.15) is 4.31 Å². The van der Waals surface area contributed by atoms with Crippen molar-refractivity contribution in [1.82, 2.24) is 13.9 Å². The molecule has 7 heteroatoms. The van der Waals surface area contributed by atoms with Crippen molar-refractivity contribution < 1.29 is 13.2 Å². The van der Waals surface area contributed by atoms with Crippen LogP contribution in [0.2, 0.25) is 0 Å². The summed E-state index contributed by atoms with van der Waals surface area (Å²) in [5, 5.41) is 0.166. The van der Waals surface area contributed by atoms with Gasteiger partial charge in [-0.05, 0) is 26.2 Å². The van der Waals surface area contributed by atoms with E-state index < -0.39 is 10.0 Å². The Bertz CT molecular complexity index is 605. The summed E-state index contributed by atoms with van der Waals surface area (Å²) in [4.78, 5) is 4.12. The van der Waals surface area contributed by atoms with Crippen LogP contribution in [0.4, 0.5) is 0 Å². The van der Waals surface area contributed by atoms with Crippen LogP contribution >= 0.6 is 0 Å². The molecule has 0 N–H and O–H groups in total. The molecule has 0 bridgehead atoms. The van der Waals surface area contributed by atoms with Gasteiger partial charge in [0.2, 0.25) is 0 Å². The normalized spacial score (nSPS) is 28.5. The van der Waals surface area contributed by atoms with Crippen molar-refractivity contribution in [3.8, 4) is 0 Å². The molecule has 6 nitrogen and oxygen atoms in total. The minimum absolute atomic E-state index is 0.0341. The third-order valence-electron chi connectivity index (χ3n) is 4.87. The Labute approximate surface area is 126 Å². The summed E-state index contributed by atoms with van der Waals surface area (Å²) in [6.07, 6.45) is 6.06. The molecule has 2 fully saturated rings. The summed E-state index contributed by atoms with van der Waals surface area (Å²) in [5.41, 5.74) is 0.0341. The maximum atomic E-state index is 12.7. The van der Waals surface area contributed by atoms with Gasteiger partial charge in [-0.3, -0.25) is 0 Å². The van der Waals surface area contributed by atoms with Gasteiger partial charge in [0.1, 0.15) is 0 Å². The fraction of sp³-hybridized carbons (Fsp3) is 0.786. The third-order valence-corrected chi connectivity index (χ3v) is 6.60. The average molecular weight is 313 g/mol. The number of aromatic nitrogens is 2. The fourth-order valence-electron chi connectivity index (χ4n) is 3.11. The standard InChI is InChI=1S/C14H23N3O3S/c1-3-12(2)16-8-13(15-11-16)21(18,19)17-6-4-14(9-17)5-7-20-10-14/h8,11-12H,3-7,9-10H2,1-2H3/t12-,14-/m1/s1. The monoisotopic (exact) mass is 313 g/mol. The molecule has 2 saturated heterocycles. The Hall–Kier alpha value is -0.920. The second kappa shape index (κ2) is 5.37. The van der Waals surface area contributed by atoms with Crippen molar-refractivity contribution in [2.75, 3.05) is 26.3 Å². The van der Waals surface area contributed by atoms with Crippen molar-refractivity contribution in [3.63, 3.8) is 0 Å². The zero-order valence-corrected chi connectivity index (χ0v) is 13.5. The first-order valence-corrected chi connectivity index (χ1v) is 9.02. The van der Waals surface area contributed by atoms with Crippen molar-refractivity contribution >= 4 is 10.0 Å². The first-order valence-electron chi connectivity index (χ1n) is 7.58. The van der Waals surface area contributed by atoms with Crippen LogP contribution in [0.25, 0.3) is 0 Å². The molecular weight excluding hydrogens is 290 g/mol. The lowest BCUT2D eigenvalue weighted by Gasteiger charge is -2.21. The molecule has 0 aliphatic carbocycles. The van der Waals surface area contributed by atoms with Crippen molar-refractivity contribution in [1.29, 1.82) is 0 Å². The second-order valence-corrected chi connectivity index (χ2v) is 8.19. The summed E-state index contributed by atoms with van der Waals surface area (Å²) in [5.74, 6) is 0. The van der Waals surface area contributed by atoms with Gasteiger partial charge in [0.15, 0.2) is 5.03 Å². The van der Waals surface area contributed by atoms with Crippen molar-refractivity contribution in [2.24, 2.45) is 5.41 Å². The summed E-state index contributed by atoms with van der Waals surface area (Å²) < 4.78 is 34.3. The molecule has 0 radical (unpaired) electrons. The molecule has 2 atom stereocenters. The Morgan fingerprint density at radius 1 is 1.48 bits per heavy atom. The molecule has 0 unspecified atom stereocenters. The zero-order chi connectivity index (χ0) is 15.1. The average Bonchev–Trinajstić information content (AvgIpc) is 3.19. The number of sulfonamides is 1. The first-order chi connectivity index (χ1) is 9.97. The minimum Gasteiger partial charge on any atom is -0.381 e. The van der Waals surface area contributed by atoms with E-state index in [4.69, 9.17) is 4.74 Å². The molecule has 1 aromatic heterocycles. The highest BCUT2D eigenvalue weighted by Crippen LogP contribution is 2.40. The van der Waals surface area contributed by atoms with Gasteiger partial charge in [-0.1, -0.05) is 6.92 Å². The van der Waals surface area contributed by atoms with Crippen LogP contribution in [0.15, 0.2) is 17.6 Å². The molecular formula is C14H23N3O3S. The van der Waals surface area contributed by atoms with Gasteiger partial charge in [0.25, 0.3) is 10.0 Å². The van der Waals surface area contributed by atoms with Crippen molar-refractivity contribution in [2.45, 2.75) is 44.2 Å². The van der Waals surface area contributed by atoms with Gasteiger partial charge in [0, 0.05) is 37.4 Å². The van der Waals surface area contributed by atoms with E-state index in [1.54, 1.807) is 16.8 Å². The lowest BCUT2D eigenvalue weighted by molar-refractivity contribution is 0.157. The molecule has 1 aromatic rings. The molecule has 2 aliphatic rings. The zero-order valence-electron chi connectivity index (χ0n) is 12.7. The van der Waals surface area contributed by atoms with Gasteiger partial charge in [-0.25, -0.2) is 13.4 Å². The summed E-state index contributed by atoms with van der Waals surface area (Å²) in [7, 11) is -3.48. The molecule has 3 rings (SSSR count). The second-order valence-electron chi connectivity index (χ2n) is 6.31. The summed E-state index contributed by atoms with van der Waals surface area (Å²) >= 11 is 0. The number of nitrogens with zero attached hydrogens (tertiary/aromatic N) is 3. The van der Waals surface area contributed by atoms with Crippen LogP contribution in [-0.4, -0.2) is 48.6 Å². The predicted octanol–water partition coefficient (Wildman–Crippen LogP) is 1.66. The van der Waals surface area contributed by atoms with E-state index in [0.29, 0.717) is 19.7 Å². The lowest BCUT2D eigenvalue weighted by atomic mass is 9.87. The minimum atomic E-state index is -3.48. The van der Waals surface area contributed by atoms with Crippen LogP contribution in [0.1, 0.15) is 39.2 Å². The molecule has 1 spiro atoms. The largest absolute Gasteiger partial charge is 0.381 e. The van der Waals surface area contributed by atoms with E-state index in [-0.39, 0.29) is 16.5 Å². The summed E-state index contributed by atoms with van der Waals surface area (Å²) in [6, 6.07) is 0.259. The van der Waals surface area contributed by atoms with Crippen LogP contribution in [0.3, 0.4) is 0 Å². The first kappa shape index (κ1) is 15.0. The van der Waals surface area contributed by atoms with Crippen LogP contribution < -0.4 is 0 Å². The van der Waals surface area contributed by atoms with Gasteiger partial charge in [-0.15, -0.1) is 0 Å². The van der Waals surface area contributed by atoms with Crippen LogP contribution in [-0.2, 0) is 14.8 Å². The van der Waals surface area contributed by atoms with E-state index in [1.165, 1.54) is 0 Å². The fourth-order valence-corrected chi connectivity index (χ4v) is 4.58. The molecule has 0 amide bonds. The maximum Gasteiger partial charge on any atom is 0.262 e. The Balaban J connectivity index is 1.79. The van der Waals surface area contributed by atoms with Crippen LogP contribution in [0.5, 0.6) is 0 Å². The van der Waals surface area contributed by atoms with Crippen molar-refractivity contribution in [3.05, 3.63) is 12.5 Å². The third kappa shape index (κ3) is 2.62. The lowest BCUT2D eigenvalue weighted by Crippen LogP contribution is -2.32. The maximum absolute atomic E-state index is 12.7. The SMILES string of the molecule is CC[C@@H](C)n1cnc(S(=O)(=O)N2CC[C@@]3(CCOC3)C2)c1. The van der Waals surface area contributed by atoms with E-state index in [1.807, 2.05) is 4.57 Å². The number of hydrogen-bond donors (Lipinski definition) is 0. The number of hydrogen-bond acceptors (Lipinski definition) is 4.